The highest BCUT2D eigenvalue weighted by atomic mass is 16.5. The van der Waals surface area contributed by atoms with Crippen LogP contribution in [0.5, 0.6) is 11.5 Å². The SMILES string of the molecule is COc1c(C)ccc(C(CN)C(=O)O)c1OC. The molecule has 0 saturated heterocycles. The molecule has 0 heterocycles. The number of carboxylic acids is 1. The van der Waals surface area contributed by atoms with Crippen LogP contribution >= 0.6 is 0 Å². The summed E-state index contributed by atoms with van der Waals surface area (Å²) in [4.78, 5) is 11.1. The summed E-state index contributed by atoms with van der Waals surface area (Å²) in [5, 5.41) is 9.10. The van der Waals surface area contributed by atoms with Crippen molar-refractivity contribution in [3.63, 3.8) is 0 Å². The molecule has 0 amide bonds. The first-order valence-corrected chi connectivity index (χ1v) is 5.21. The van der Waals surface area contributed by atoms with Gasteiger partial charge in [0.1, 0.15) is 0 Å². The van der Waals surface area contributed by atoms with Crippen LogP contribution in [0, 0.1) is 6.92 Å². The molecule has 94 valence electrons. The molecule has 5 nitrogen and oxygen atoms in total. The second-order valence-corrected chi connectivity index (χ2v) is 3.66. The molecule has 0 aliphatic rings. The normalized spacial score (nSPS) is 12.0. The molecule has 3 N–H and O–H groups in total. The quantitative estimate of drug-likeness (QED) is 0.805. The van der Waals surface area contributed by atoms with Crippen LogP contribution in [-0.2, 0) is 4.79 Å². The van der Waals surface area contributed by atoms with E-state index in [4.69, 9.17) is 20.3 Å². The number of nitrogens with two attached hydrogens (primary N) is 1. The molecule has 0 radical (unpaired) electrons. The molecule has 0 bridgehead atoms. The average molecular weight is 239 g/mol. The Morgan fingerprint density at radius 2 is 1.94 bits per heavy atom. The summed E-state index contributed by atoms with van der Waals surface area (Å²) in [7, 11) is 3.00. The maximum Gasteiger partial charge on any atom is 0.312 e. The number of rotatable bonds is 5. The van der Waals surface area contributed by atoms with Crippen molar-refractivity contribution in [1.29, 1.82) is 0 Å². The van der Waals surface area contributed by atoms with Gasteiger partial charge in [-0.2, -0.15) is 0 Å². The van der Waals surface area contributed by atoms with Crippen LogP contribution in [0.15, 0.2) is 12.1 Å². The second kappa shape index (κ2) is 5.54. The lowest BCUT2D eigenvalue weighted by Crippen LogP contribution is -2.22. The largest absolute Gasteiger partial charge is 0.493 e. The lowest BCUT2D eigenvalue weighted by molar-refractivity contribution is -0.138. The maximum atomic E-state index is 11.1. The Hall–Kier alpha value is -1.75. The molecule has 0 saturated carbocycles. The van der Waals surface area contributed by atoms with E-state index in [0.717, 1.165) is 5.56 Å². The first kappa shape index (κ1) is 13.3. The van der Waals surface area contributed by atoms with Crippen LogP contribution in [-0.4, -0.2) is 31.8 Å². The van der Waals surface area contributed by atoms with E-state index in [1.807, 2.05) is 6.92 Å². The van der Waals surface area contributed by atoms with E-state index in [-0.39, 0.29) is 6.54 Å². The zero-order valence-corrected chi connectivity index (χ0v) is 10.2. The third-order valence-electron chi connectivity index (χ3n) is 2.66. The molecule has 1 aromatic carbocycles. The molecular formula is C12H17NO4. The van der Waals surface area contributed by atoms with Crippen molar-refractivity contribution < 1.29 is 19.4 Å². The predicted molar refractivity (Wildman–Crippen MR) is 63.7 cm³/mol. The van der Waals surface area contributed by atoms with Crippen LogP contribution < -0.4 is 15.2 Å². The summed E-state index contributed by atoms with van der Waals surface area (Å²) in [6, 6.07) is 3.50. The van der Waals surface area contributed by atoms with Crippen LogP contribution in [0.4, 0.5) is 0 Å². The number of ether oxygens (including phenoxy) is 2. The fourth-order valence-electron chi connectivity index (χ4n) is 1.78. The predicted octanol–water partition coefficient (Wildman–Crippen LogP) is 1.14. The van der Waals surface area contributed by atoms with Gasteiger partial charge in [-0.05, 0) is 12.5 Å². The standard InChI is InChI=1S/C12H17NO4/c1-7-4-5-8(9(6-13)12(14)15)11(17-3)10(7)16-2/h4-5,9H,6,13H2,1-3H3,(H,14,15). The van der Waals surface area contributed by atoms with Crippen LogP contribution in [0.2, 0.25) is 0 Å². The van der Waals surface area contributed by atoms with Gasteiger partial charge < -0.3 is 20.3 Å². The Morgan fingerprint density at radius 1 is 1.35 bits per heavy atom. The van der Waals surface area contributed by atoms with Gasteiger partial charge in [0.25, 0.3) is 0 Å². The average Bonchev–Trinajstić information content (AvgIpc) is 2.30. The summed E-state index contributed by atoms with van der Waals surface area (Å²) in [6.07, 6.45) is 0. The Morgan fingerprint density at radius 3 is 2.35 bits per heavy atom. The van der Waals surface area contributed by atoms with Gasteiger partial charge in [0, 0.05) is 12.1 Å². The Labute approximate surface area is 100 Å². The lowest BCUT2D eigenvalue weighted by Gasteiger charge is -2.18. The summed E-state index contributed by atoms with van der Waals surface area (Å²) < 4.78 is 10.5. The van der Waals surface area contributed by atoms with Gasteiger partial charge in [0.05, 0.1) is 20.1 Å². The van der Waals surface area contributed by atoms with Crippen LogP contribution in [0.25, 0.3) is 0 Å². The Bertz CT molecular complexity index is 417. The number of hydrogen-bond donors (Lipinski definition) is 2. The highest BCUT2D eigenvalue weighted by Crippen LogP contribution is 2.37. The van der Waals surface area contributed by atoms with Crippen molar-refractivity contribution in [2.45, 2.75) is 12.8 Å². The zero-order valence-electron chi connectivity index (χ0n) is 10.2. The summed E-state index contributed by atoms with van der Waals surface area (Å²) in [5.74, 6) is -0.786. The highest BCUT2D eigenvalue weighted by Gasteiger charge is 2.24. The van der Waals surface area contributed by atoms with E-state index < -0.39 is 11.9 Å². The van der Waals surface area contributed by atoms with Crippen molar-refractivity contribution in [1.82, 2.24) is 0 Å². The van der Waals surface area contributed by atoms with Gasteiger partial charge >= 0.3 is 5.97 Å². The summed E-state index contributed by atoms with van der Waals surface area (Å²) in [6.45, 7) is 1.88. The van der Waals surface area contributed by atoms with Crippen molar-refractivity contribution in [3.8, 4) is 11.5 Å². The van der Waals surface area contributed by atoms with E-state index in [9.17, 15) is 4.79 Å². The van der Waals surface area contributed by atoms with E-state index in [2.05, 4.69) is 0 Å². The minimum atomic E-state index is -0.975. The molecule has 1 atom stereocenters. The highest BCUT2D eigenvalue weighted by molar-refractivity contribution is 5.78. The number of carbonyl (C=O) groups is 1. The molecule has 0 aliphatic carbocycles. The molecule has 1 unspecified atom stereocenters. The second-order valence-electron chi connectivity index (χ2n) is 3.66. The van der Waals surface area contributed by atoms with Gasteiger partial charge in [0.2, 0.25) is 0 Å². The van der Waals surface area contributed by atoms with E-state index in [1.165, 1.54) is 14.2 Å². The molecule has 17 heavy (non-hydrogen) atoms. The minimum absolute atomic E-state index is 0.0118. The molecular weight excluding hydrogens is 222 g/mol. The van der Waals surface area contributed by atoms with Gasteiger partial charge in [-0.15, -0.1) is 0 Å². The van der Waals surface area contributed by atoms with Crippen molar-refractivity contribution in [2.24, 2.45) is 5.73 Å². The van der Waals surface area contributed by atoms with E-state index in [1.54, 1.807) is 12.1 Å². The zero-order chi connectivity index (χ0) is 13.0. The van der Waals surface area contributed by atoms with Crippen LogP contribution in [0.1, 0.15) is 17.0 Å². The summed E-state index contributed by atoms with van der Waals surface area (Å²) >= 11 is 0. The number of hydrogen-bond acceptors (Lipinski definition) is 4. The fraction of sp³-hybridized carbons (Fsp3) is 0.417. The van der Waals surface area contributed by atoms with Gasteiger partial charge in [-0.3, -0.25) is 4.79 Å². The number of carboxylic acid groups (broad SMARTS) is 1. The third kappa shape index (κ3) is 2.50. The minimum Gasteiger partial charge on any atom is -0.493 e. The smallest absolute Gasteiger partial charge is 0.312 e. The van der Waals surface area contributed by atoms with Crippen molar-refractivity contribution >= 4 is 5.97 Å². The number of methoxy groups -OCH3 is 2. The summed E-state index contributed by atoms with van der Waals surface area (Å²) in [5.41, 5.74) is 6.90. The fourth-order valence-corrected chi connectivity index (χ4v) is 1.78. The molecule has 0 aromatic heterocycles. The van der Waals surface area contributed by atoms with Crippen LogP contribution in [0.3, 0.4) is 0 Å². The molecule has 0 spiro atoms. The Kier molecular flexibility index (Phi) is 4.34. The third-order valence-corrected chi connectivity index (χ3v) is 2.66. The molecule has 1 aromatic rings. The molecule has 5 heteroatoms. The first-order chi connectivity index (χ1) is 8.06. The van der Waals surface area contributed by atoms with Gasteiger partial charge in [0.15, 0.2) is 11.5 Å². The molecule has 1 rings (SSSR count). The first-order valence-electron chi connectivity index (χ1n) is 5.21. The van der Waals surface area contributed by atoms with Crippen molar-refractivity contribution in [3.05, 3.63) is 23.3 Å². The molecule has 0 fully saturated rings. The molecule has 0 aliphatic heterocycles. The Balaban J connectivity index is 3.37. The topological polar surface area (TPSA) is 81.8 Å². The number of aliphatic carboxylic acids is 1. The van der Waals surface area contributed by atoms with Gasteiger partial charge in [-0.1, -0.05) is 12.1 Å². The van der Waals surface area contributed by atoms with E-state index >= 15 is 0 Å². The van der Waals surface area contributed by atoms with Gasteiger partial charge in [-0.25, -0.2) is 0 Å². The maximum absolute atomic E-state index is 11.1. The number of aryl methyl sites for hydroxylation is 1. The lowest BCUT2D eigenvalue weighted by atomic mass is 9.96. The van der Waals surface area contributed by atoms with Crippen molar-refractivity contribution in [2.75, 3.05) is 20.8 Å². The van der Waals surface area contributed by atoms with E-state index in [0.29, 0.717) is 17.1 Å². The number of benzene rings is 1. The monoisotopic (exact) mass is 239 g/mol.